The number of amides is 2. The Bertz CT molecular complexity index is 1270. The van der Waals surface area contributed by atoms with Crippen LogP contribution in [-0.2, 0) is 19.2 Å². The van der Waals surface area contributed by atoms with Gasteiger partial charge >= 0.3 is 0 Å². The van der Waals surface area contributed by atoms with Gasteiger partial charge in [0, 0.05) is 23.3 Å². The highest BCUT2D eigenvalue weighted by Crippen LogP contribution is 2.55. The number of carbonyl (C=O) groups is 3. The van der Waals surface area contributed by atoms with Gasteiger partial charge in [0.15, 0.2) is 11.9 Å². The summed E-state index contributed by atoms with van der Waals surface area (Å²) in [4.78, 5) is 55.7. The number of ether oxygens (including phenoxy) is 1. The van der Waals surface area contributed by atoms with Gasteiger partial charge in [0.2, 0.25) is 11.8 Å². The molecule has 4 heterocycles. The van der Waals surface area contributed by atoms with E-state index in [1.54, 1.807) is 36.4 Å². The van der Waals surface area contributed by atoms with Gasteiger partial charge in [-0.25, -0.2) is 4.90 Å². The standard InChI is InChI=1S/C23H17N3O7/c1-10(27)11-5-7-13(8-6-11)25-22(28)15-16(23(25)29)20-21-17(19(15)32-20)18(24-33-21)12-3-2-4-14(9-12)26(30)31/h2-9,15-17,19-21H,1H3/t15-,16-,17+,19+,20+,21-/m0/s1. The first-order valence-electron chi connectivity index (χ1n) is 10.5. The number of nitro benzene ring substituents is 1. The number of oxime groups is 1. The van der Waals surface area contributed by atoms with E-state index in [0.717, 1.165) is 4.90 Å². The van der Waals surface area contributed by atoms with Crippen LogP contribution in [0.25, 0.3) is 0 Å². The smallest absolute Gasteiger partial charge is 0.270 e. The summed E-state index contributed by atoms with van der Waals surface area (Å²) in [5, 5.41) is 15.3. The zero-order valence-electron chi connectivity index (χ0n) is 17.3. The van der Waals surface area contributed by atoms with E-state index in [2.05, 4.69) is 5.16 Å². The molecule has 10 heteroatoms. The van der Waals surface area contributed by atoms with Gasteiger partial charge in [0.05, 0.1) is 40.2 Å². The van der Waals surface area contributed by atoms with Crippen molar-refractivity contribution in [1.82, 2.24) is 0 Å². The molecule has 0 spiro atoms. The van der Waals surface area contributed by atoms with Gasteiger partial charge < -0.3 is 9.57 Å². The fraction of sp³-hybridized carbons (Fsp3) is 0.304. The fourth-order valence-corrected chi connectivity index (χ4v) is 5.47. The second-order valence-corrected chi connectivity index (χ2v) is 8.61. The van der Waals surface area contributed by atoms with Crippen molar-refractivity contribution in [2.75, 3.05) is 4.90 Å². The zero-order valence-corrected chi connectivity index (χ0v) is 17.3. The first-order chi connectivity index (χ1) is 15.9. The number of hydrogen-bond acceptors (Lipinski definition) is 8. The maximum absolute atomic E-state index is 13.4. The summed E-state index contributed by atoms with van der Waals surface area (Å²) in [5.74, 6) is -2.62. The molecule has 2 aromatic carbocycles. The van der Waals surface area contributed by atoms with Gasteiger partial charge in [-0.2, -0.15) is 0 Å². The van der Waals surface area contributed by atoms with Crippen molar-refractivity contribution in [1.29, 1.82) is 0 Å². The zero-order chi connectivity index (χ0) is 23.0. The van der Waals surface area contributed by atoms with Gasteiger partial charge in [0.1, 0.15) is 6.10 Å². The predicted molar refractivity (Wildman–Crippen MR) is 113 cm³/mol. The van der Waals surface area contributed by atoms with E-state index in [1.165, 1.54) is 19.1 Å². The third-order valence-corrected chi connectivity index (χ3v) is 6.93. The first kappa shape index (κ1) is 19.7. The van der Waals surface area contributed by atoms with Crippen molar-refractivity contribution in [3.8, 4) is 0 Å². The largest absolute Gasteiger partial charge is 0.389 e. The van der Waals surface area contributed by atoms with Crippen molar-refractivity contribution < 1.29 is 28.9 Å². The van der Waals surface area contributed by atoms with Crippen molar-refractivity contribution >= 4 is 34.7 Å². The van der Waals surface area contributed by atoms with E-state index in [0.29, 0.717) is 22.5 Å². The molecule has 6 atom stereocenters. The molecule has 2 aromatic rings. The van der Waals surface area contributed by atoms with Crippen LogP contribution in [0.15, 0.2) is 53.7 Å². The molecule has 4 aliphatic rings. The molecule has 0 radical (unpaired) electrons. The molecule has 0 unspecified atom stereocenters. The van der Waals surface area contributed by atoms with Gasteiger partial charge in [0.25, 0.3) is 5.69 Å². The van der Waals surface area contributed by atoms with E-state index in [-0.39, 0.29) is 23.3 Å². The fourth-order valence-electron chi connectivity index (χ4n) is 5.47. The van der Waals surface area contributed by atoms with Gasteiger partial charge in [-0.15, -0.1) is 0 Å². The van der Waals surface area contributed by atoms with Gasteiger partial charge in [-0.05, 0) is 31.2 Å². The Kier molecular flexibility index (Phi) is 4.06. The molecular formula is C23H17N3O7. The van der Waals surface area contributed by atoms with Crippen molar-refractivity contribution in [2.24, 2.45) is 22.9 Å². The van der Waals surface area contributed by atoms with E-state index < -0.39 is 41.0 Å². The van der Waals surface area contributed by atoms with Crippen molar-refractivity contribution in [2.45, 2.75) is 25.2 Å². The lowest BCUT2D eigenvalue weighted by atomic mass is 9.71. The number of benzene rings is 2. The summed E-state index contributed by atoms with van der Waals surface area (Å²) in [6, 6.07) is 12.4. The molecule has 3 saturated heterocycles. The molecule has 0 aromatic heterocycles. The second kappa shape index (κ2) is 6.79. The normalized spacial score (nSPS) is 31.3. The molecule has 0 aliphatic carbocycles. The average molecular weight is 447 g/mol. The molecular weight excluding hydrogens is 430 g/mol. The third-order valence-electron chi connectivity index (χ3n) is 6.93. The number of non-ortho nitro benzene ring substituents is 1. The lowest BCUT2D eigenvalue weighted by Crippen LogP contribution is -2.45. The van der Waals surface area contributed by atoms with E-state index in [4.69, 9.17) is 9.57 Å². The van der Waals surface area contributed by atoms with E-state index >= 15 is 0 Å². The number of fused-ring (bicyclic) bond motifs is 8. The number of anilines is 1. The van der Waals surface area contributed by atoms with Crippen molar-refractivity contribution in [3.05, 3.63) is 69.8 Å². The lowest BCUT2D eigenvalue weighted by Gasteiger charge is -2.26. The van der Waals surface area contributed by atoms with Crippen LogP contribution in [0, 0.1) is 27.9 Å². The molecule has 2 bridgehead atoms. The number of hydrogen-bond donors (Lipinski definition) is 0. The summed E-state index contributed by atoms with van der Waals surface area (Å²) in [6.07, 6.45) is -1.80. The average Bonchev–Trinajstić information content (AvgIpc) is 3.54. The van der Waals surface area contributed by atoms with Crippen LogP contribution < -0.4 is 4.90 Å². The Hall–Kier alpha value is -3.92. The number of imide groups is 1. The Morgan fingerprint density at radius 1 is 1.00 bits per heavy atom. The molecule has 6 rings (SSSR count). The Morgan fingerprint density at radius 2 is 1.70 bits per heavy atom. The van der Waals surface area contributed by atoms with E-state index in [1.807, 2.05) is 0 Å². The third kappa shape index (κ3) is 2.64. The minimum Gasteiger partial charge on any atom is -0.389 e. The highest BCUT2D eigenvalue weighted by atomic mass is 16.7. The molecule has 166 valence electrons. The van der Waals surface area contributed by atoms with Gasteiger partial charge in [-0.1, -0.05) is 17.3 Å². The molecule has 0 saturated carbocycles. The first-order valence-corrected chi connectivity index (χ1v) is 10.5. The van der Waals surface area contributed by atoms with Crippen molar-refractivity contribution in [3.63, 3.8) is 0 Å². The monoisotopic (exact) mass is 447 g/mol. The second-order valence-electron chi connectivity index (χ2n) is 8.61. The summed E-state index contributed by atoms with van der Waals surface area (Å²) in [7, 11) is 0. The number of carbonyl (C=O) groups excluding carboxylic acids is 3. The van der Waals surface area contributed by atoms with Crippen LogP contribution in [0.4, 0.5) is 11.4 Å². The molecule has 0 N–H and O–H groups in total. The topological polar surface area (TPSA) is 128 Å². The number of ketones is 1. The summed E-state index contributed by atoms with van der Waals surface area (Å²) in [5.41, 5.74) is 1.83. The number of nitrogens with zero attached hydrogens (tertiary/aromatic N) is 3. The Labute approximate surface area is 186 Å². The molecule has 10 nitrogen and oxygen atoms in total. The Balaban J connectivity index is 1.32. The summed E-state index contributed by atoms with van der Waals surface area (Å²) < 4.78 is 6.06. The number of Topliss-reactive ketones (excluding diaryl/α,β-unsaturated/α-hetero) is 1. The minimum absolute atomic E-state index is 0.0760. The number of rotatable bonds is 4. The SMILES string of the molecule is CC(=O)c1ccc(N2C(=O)[C@@H]3[C@H]4O[C@@H]([C@H]5C(c6cccc([N+](=O)[O-])c6)=NO[C@H]45)[C@H]3C2=O)cc1. The predicted octanol–water partition coefficient (Wildman–Crippen LogP) is 2.10. The van der Waals surface area contributed by atoms with Gasteiger partial charge in [-0.3, -0.25) is 24.5 Å². The Morgan fingerprint density at radius 3 is 2.36 bits per heavy atom. The maximum Gasteiger partial charge on any atom is 0.270 e. The van der Waals surface area contributed by atoms with Crippen LogP contribution >= 0.6 is 0 Å². The van der Waals surface area contributed by atoms with E-state index in [9.17, 15) is 24.5 Å². The quantitative estimate of drug-likeness (QED) is 0.304. The van der Waals surface area contributed by atoms with Crippen LogP contribution in [0.5, 0.6) is 0 Å². The molecule has 4 aliphatic heterocycles. The molecule has 3 fully saturated rings. The van der Waals surface area contributed by atoms with Crippen LogP contribution in [0.2, 0.25) is 0 Å². The summed E-state index contributed by atoms with van der Waals surface area (Å²) >= 11 is 0. The van der Waals surface area contributed by atoms with Crippen LogP contribution in [0.3, 0.4) is 0 Å². The van der Waals surface area contributed by atoms with Crippen LogP contribution in [-0.4, -0.2) is 46.5 Å². The summed E-state index contributed by atoms with van der Waals surface area (Å²) in [6.45, 7) is 1.44. The number of nitro groups is 1. The molecule has 33 heavy (non-hydrogen) atoms. The minimum atomic E-state index is -0.693. The van der Waals surface area contributed by atoms with Crippen LogP contribution in [0.1, 0.15) is 22.8 Å². The maximum atomic E-state index is 13.4. The highest BCUT2D eigenvalue weighted by molar-refractivity contribution is 6.23. The lowest BCUT2D eigenvalue weighted by molar-refractivity contribution is -0.384. The molecule has 2 amide bonds. The highest BCUT2D eigenvalue weighted by Gasteiger charge is 2.72.